The third-order valence-corrected chi connectivity index (χ3v) is 3.15. The zero-order valence-electron chi connectivity index (χ0n) is 9.18. The van der Waals surface area contributed by atoms with Gasteiger partial charge in [0.15, 0.2) is 0 Å². The van der Waals surface area contributed by atoms with E-state index < -0.39 is 0 Å². The summed E-state index contributed by atoms with van der Waals surface area (Å²) >= 11 is 1.58. The minimum absolute atomic E-state index is 0.745. The van der Waals surface area contributed by atoms with Crippen molar-refractivity contribution in [3.05, 3.63) is 30.6 Å². The van der Waals surface area contributed by atoms with Crippen LogP contribution >= 0.6 is 11.8 Å². The Bertz CT molecular complexity index is 496. The van der Waals surface area contributed by atoms with Gasteiger partial charge in [-0.1, -0.05) is 11.8 Å². The van der Waals surface area contributed by atoms with E-state index in [0.29, 0.717) is 0 Å². The highest BCUT2D eigenvalue weighted by Crippen LogP contribution is 2.34. The molecule has 0 unspecified atom stereocenters. The Morgan fingerprint density at radius 2 is 2.25 bits per heavy atom. The van der Waals surface area contributed by atoms with Gasteiger partial charge in [0.25, 0.3) is 0 Å². The number of nitrogens with zero attached hydrogens (tertiary/aromatic N) is 2. The van der Waals surface area contributed by atoms with Crippen molar-refractivity contribution in [1.29, 1.82) is 0 Å². The number of anilines is 1. The minimum atomic E-state index is 0.745. The van der Waals surface area contributed by atoms with Crippen molar-refractivity contribution in [2.45, 2.75) is 9.79 Å². The first-order valence-corrected chi connectivity index (χ1v) is 5.60. The van der Waals surface area contributed by atoms with Crippen LogP contribution in [0.2, 0.25) is 0 Å². The fraction of sp³-hybridized carbons (Fsp3) is 0.182. The average molecular weight is 235 g/mol. The largest absolute Gasteiger partial charge is 0.497 e. The van der Waals surface area contributed by atoms with Gasteiger partial charge in [-0.3, -0.25) is 4.68 Å². The molecule has 0 fully saturated rings. The van der Waals surface area contributed by atoms with Gasteiger partial charge < -0.3 is 10.5 Å². The smallest absolute Gasteiger partial charge is 0.120 e. The third kappa shape index (κ3) is 2.30. The minimum Gasteiger partial charge on any atom is -0.497 e. The summed E-state index contributed by atoms with van der Waals surface area (Å²) in [6, 6.07) is 5.62. The van der Waals surface area contributed by atoms with Crippen LogP contribution in [0.25, 0.3) is 0 Å². The Morgan fingerprint density at radius 1 is 1.44 bits per heavy atom. The van der Waals surface area contributed by atoms with Gasteiger partial charge in [0, 0.05) is 23.8 Å². The molecule has 0 aliphatic carbocycles. The van der Waals surface area contributed by atoms with E-state index in [4.69, 9.17) is 10.5 Å². The second-order valence-corrected chi connectivity index (χ2v) is 4.47. The van der Waals surface area contributed by atoms with E-state index in [1.807, 2.05) is 37.6 Å². The number of hydrogen-bond acceptors (Lipinski definition) is 4. The number of aromatic nitrogens is 2. The monoisotopic (exact) mass is 235 g/mol. The molecule has 0 saturated carbocycles. The van der Waals surface area contributed by atoms with Crippen LogP contribution in [-0.2, 0) is 7.05 Å². The van der Waals surface area contributed by atoms with Crippen LogP contribution < -0.4 is 10.5 Å². The lowest BCUT2D eigenvalue weighted by molar-refractivity contribution is 0.414. The molecule has 1 heterocycles. The molecule has 0 spiro atoms. The summed E-state index contributed by atoms with van der Waals surface area (Å²) in [6.07, 6.45) is 3.76. The van der Waals surface area contributed by atoms with Crippen LogP contribution in [0.5, 0.6) is 5.75 Å². The van der Waals surface area contributed by atoms with Crippen LogP contribution in [0.15, 0.2) is 40.4 Å². The highest BCUT2D eigenvalue weighted by molar-refractivity contribution is 7.99. The van der Waals surface area contributed by atoms with Crippen LogP contribution in [0.1, 0.15) is 0 Å². The molecule has 1 aromatic heterocycles. The first kappa shape index (κ1) is 10.9. The second kappa shape index (κ2) is 4.49. The lowest BCUT2D eigenvalue weighted by Crippen LogP contribution is -1.90. The summed E-state index contributed by atoms with van der Waals surface area (Å²) in [5.41, 5.74) is 6.64. The van der Waals surface area contributed by atoms with Gasteiger partial charge in [-0.05, 0) is 18.2 Å². The summed E-state index contributed by atoms with van der Waals surface area (Å²) < 4.78 is 6.93. The molecule has 0 radical (unpaired) electrons. The maximum absolute atomic E-state index is 5.90. The molecule has 84 valence electrons. The van der Waals surface area contributed by atoms with E-state index in [1.165, 1.54) is 0 Å². The van der Waals surface area contributed by atoms with Crippen LogP contribution in [0, 0.1) is 0 Å². The highest BCUT2D eigenvalue weighted by atomic mass is 32.2. The van der Waals surface area contributed by atoms with Gasteiger partial charge in [0.2, 0.25) is 0 Å². The third-order valence-electron chi connectivity index (χ3n) is 2.13. The summed E-state index contributed by atoms with van der Waals surface area (Å²) in [5, 5.41) is 4.11. The van der Waals surface area contributed by atoms with Crippen LogP contribution in [-0.4, -0.2) is 16.9 Å². The summed E-state index contributed by atoms with van der Waals surface area (Å²) in [4.78, 5) is 2.04. The fourth-order valence-electron chi connectivity index (χ4n) is 1.31. The number of methoxy groups -OCH3 is 1. The van der Waals surface area contributed by atoms with Gasteiger partial charge in [-0.25, -0.2) is 0 Å². The van der Waals surface area contributed by atoms with Crippen molar-refractivity contribution in [1.82, 2.24) is 9.78 Å². The Kier molecular flexibility index (Phi) is 3.05. The zero-order chi connectivity index (χ0) is 11.5. The SMILES string of the molecule is COc1ccc(N)c(Sc2cnn(C)c2)c1. The molecule has 0 bridgehead atoms. The van der Waals surface area contributed by atoms with Crippen molar-refractivity contribution in [3.63, 3.8) is 0 Å². The molecule has 0 saturated heterocycles. The first-order valence-electron chi connectivity index (χ1n) is 4.79. The van der Waals surface area contributed by atoms with Crippen molar-refractivity contribution >= 4 is 17.4 Å². The number of nitrogens with two attached hydrogens (primary N) is 1. The predicted octanol–water partition coefficient (Wildman–Crippen LogP) is 2.16. The molecule has 16 heavy (non-hydrogen) atoms. The van der Waals surface area contributed by atoms with Crippen molar-refractivity contribution in [3.8, 4) is 5.75 Å². The number of rotatable bonds is 3. The second-order valence-electron chi connectivity index (χ2n) is 3.36. The summed E-state index contributed by atoms with van der Waals surface area (Å²) in [7, 11) is 3.53. The van der Waals surface area contributed by atoms with E-state index >= 15 is 0 Å². The van der Waals surface area contributed by atoms with Gasteiger partial charge in [-0.2, -0.15) is 5.10 Å². The summed E-state index contributed by atoms with van der Waals surface area (Å²) in [5.74, 6) is 0.806. The summed E-state index contributed by atoms with van der Waals surface area (Å²) in [6.45, 7) is 0. The average Bonchev–Trinajstić information content (AvgIpc) is 2.67. The highest BCUT2D eigenvalue weighted by Gasteiger charge is 2.05. The molecular weight excluding hydrogens is 222 g/mol. The Hall–Kier alpha value is -1.62. The fourth-order valence-corrected chi connectivity index (χ4v) is 2.23. The van der Waals surface area contributed by atoms with E-state index in [0.717, 1.165) is 21.2 Å². The molecule has 0 aliphatic rings. The van der Waals surface area contributed by atoms with E-state index in [9.17, 15) is 0 Å². The lowest BCUT2D eigenvalue weighted by Gasteiger charge is -2.06. The van der Waals surface area contributed by atoms with Crippen LogP contribution in [0.4, 0.5) is 5.69 Å². The zero-order valence-corrected chi connectivity index (χ0v) is 9.99. The number of benzene rings is 1. The maximum atomic E-state index is 5.90. The predicted molar refractivity (Wildman–Crippen MR) is 64.7 cm³/mol. The van der Waals surface area contributed by atoms with E-state index in [1.54, 1.807) is 23.6 Å². The molecule has 5 heteroatoms. The van der Waals surface area contributed by atoms with Gasteiger partial charge >= 0.3 is 0 Å². The Balaban J connectivity index is 2.26. The number of ether oxygens (including phenoxy) is 1. The van der Waals surface area contributed by atoms with E-state index in [2.05, 4.69) is 5.10 Å². The van der Waals surface area contributed by atoms with Crippen LogP contribution in [0.3, 0.4) is 0 Å². The molecule has 2 aromatic rings. The van der Waals surface area contributed by atoms with Gasteiger partial charge in [0.1, 0.15) is 5.75 Å². The molecule has 2 rings (SSSR count). The molecule has 0 amide bonds. The molecule has 2 N–H and O–H groups in total. The molecular formula is C11H13N3OS. The number of aryl methyl sites for hydroxylation is 1. The van der Waals surface area contributed by atoms with E-state index in [-0.39, 0.29) is 0 Å². The standard InChI is InChI=1S/C11H13N3OS/c1-14-7-9(6-13-14)16-11-5-8(15-2)3-4-10(11)12/h3-7H,12H2,1-2H3. The quantitative estimate of drug-likeness (QED) is 0.828. The van der Waals surface area contributed by atoms with Gasteiger partial charge in [-0.15, -0.1) is 0 Å². The molecule has 0 atom stereocenters. The maximum Gasteiger partial charge on any atom is 0.120 e. The van der Waals surface area contributed by atoms with Gasteiger partial charge in [0.05, 0.1) is 18.2 Å². The molecule has 0 aliphatic heterocycles. The Labute approximate surface area is 98.4 Å². The van der Waals surface area contributed by atoms with Crippen molar-refractivity contribution in [2.75, 3.05) is 12.8 Å². The molecule has 1 aromatic carbocycles. The lowest BCUT2D eigenvalue weighted by atomic mass is 10.3. The molecule has 4 nitrogen and oxygen atoms in total. The number of nitrogen functional groups attached to an aromatic ring is 1. The Morgan fingerprint density at radius 3 is 2.88 bits per heavy atom. The van der Waals surface area contributed by atoms with Crippen molar-refractivity contribution in [2.24, 2.45) is 7.05 Å². The normalized spacial score (nSPS) is 10.4. The first-order chi connectivity index (χ1) is 7.69. The number of hydrogen-bond donors (Lipinski definition) is 1. The topological polar surface area (TPSA) is 53.1 Å². The van der Waals surface area contributed by atoms with Crippen molar-refractivity contribution < 1.29 is 4.74 Å².